The second-order valence-corrected chi connectivity index (χ2v) is 8.94. The molecule has 0 aromatic carbocycles. The molecule has 2 fully saturated rings. The Hall–Kier alpha value is -1.14. The molecular formula is C18H30N4OS. The first kappa shape index (κ1) is 17.7. The summed E-state index contributed by atoms with van der Waals surface area (Å²) in [7, 11) is 4.05. The first-order valence-electron chi connectivity index (χ1n) is 9.08. The van der Waals surface area contributed by atoms with Gasteiger partial charge in [0.05, 0.1) is 0 Å². The van der Waals surface area contributed by atoms with Crippen molar-refractivity contribution in [3.8, 4) is 0 Å². The van der Waals surface area contributed by atoms with Crippen LogP contribution in [0.2, 0.25) is 0 Å². The number of carbonyl (C=O) groups is 1. The Balaban J connectivity index is 1.59. The molecule has 5 nitrogen and oxygen atoms in total. The lowest BCUT2D eigenvalue weighted by Crippen LogP contribution is -2.45. The molecule has 2 atom stereocenters. The van der Waals surface area contributed by atoms with Crippen molar-refractivity contribution in [3.05, 3.63) is 11.1 Å². The molecule has 1 aliphatic carbocycles. The first-order chi connectivity index (χ1) is 11.4. The Bertz CT molecular complexity index is 567. The van der Waals surface area contributed by atoms with E-state index in [-0.39, 0.29) is 11.8 Å². The average molecular weight is 351 g/mol. The summed E-state index contributed by atoms with van der Waals surface area (Å²) >= 11 is 1.76. The molecule has 1 aliphatic heterocycles. The number of amides is 1. The van der Waals surface area contributed by atoms with E-state index < -0.39 is 0 Å². The van der Waals surface area contributed by atoms with E-state index in [2.05, 4.69) is 33.9 Å². The number of nitrogens with one attached hydrogen (secondary N) is 1. The van der Waals surface area contributed by atoms with Gasteiger partial charge in [0.2, 0.25) is 5.91 Å². The minimum absolute atomic E-state index is 0.274. The van der Waals surface area contributed by atoms with Crippen LogP contribution in [0.25, 0.3) is 0 Å². The van der Waals surface area contributed by atoms with E-state index in [4.69, 9.17) is 0 Å². The maximum Gasteiger partial charge on any atom is 0.223 e. The fraction of sp³-hybridized carbons (Fsp3) is 0.778. The second-order valence-electron chi connectivity index (χ2n) is 7.85. The number of anilines is 1. The van der Waals surface area contributed by atoms with Crippen LogP contribution in [0.4, 0.5) is 5.13 Å². The van der Waals surface area contributed by atoms with Crippen molar-refractivity contribution in [1.82, 2.24) is 15.2 Å². The molecule has 1 aromatic heterocycles. The third-order valence-electron chi connectivity index (χ3n) is 5.40. The van der Waals surface area contributed by atoms with E-state index in [1.807, 2.05) is 20.3 Å². The van der Waals surface area contributed by atoms with Gasteiger partial charge in [-0.05, 0) is 24.7 Å². The zero-order valence-corrected chi connectivity index (χ0v) is 16.1. The number of hydrogen-bond acceptors (Lipinski definition) is 5. The monoisotopic (exact) mass is 350 g/mol. The number of carbonyl (C=O) groups excluding carboxylic acids is 1. The summed E-state index contributed by atoms with van der Waals surface area (Å²) in [6.45, 7) is 7.49. The van der Waals surface area contributed by atoms with Gasteiger partial charge < -0.3 is 10.2 Å². The second kappa shape index (κ2) is 7.40. The standard InChI is InChI=1S/C18H30N4OS/c1-12(2)15-10-22(9-14-8-19-18(24-14)21(3)4)11-16(15)20-17(23)13-6-5-7-13/h8,12-13,15-16H,5-7,9-11H2,1-4H3,(H,20,23). The number of rotatable bonds is 6. The summed E-state index contributed by atoms with van der Waals surface area (Å²) in [6, 6.07) is 0.291. The lowest BCUT2D eigenvalue weighted by molar-refractivity contribution is -0.128. The van der Waals surface area contributed by atoms with Gasteiger partial charge in [-0.1, -0.05) is 20.3 Å². The van der Waals surface area contributed by atoms with Crippen LogP contribution in [-0.2, 0) is 11.3 Å². The summed E-state index contributed by atoms with van der Waals surface area (Å²) < 4.78 is 0. The number of aromatic nitrogens is 1. The van der Waals surface area contributed by atoms with Gasteiger partial charge in [-0.25, -0.2) is 4.98 Å². The normalized spacial score (nSPS) is 25.0. The van der Waals surface area contributed by atoms with Crippen LogP contribution in [0.15, 0.2) is 6.20 Å². The van der Waals surface area contributed by atoms with E-state index in [0.29, 0.717) is 17.9 Å². The van der Waals surface area contributed by atoms with Gasteiger partial charge in [0.1, 0.15) is 0 Å². The molecule has 2 heterocycles. The van der Waals surface area contributed by atoms with Gasteiger partial charge >= 0.3 is 0 Å². The molecule has 1 aromatic rings. The molecule has 1 N–H and O–H groups in total. The molecule has 0 bridgehead atoms. The van der Waals surface area contributed by atoms with E-state index >= 15 is 0 Å². The van der Waals surface area contributed by atoms with Gasteiger partial charge in [0.15, 0.2) is 5.13 Å². The van der Waals surface area contributed by atoms with Crippen LogP contribution < -0.4 is 10.2 Å². The summed E-state index contributed by atoms with van der Waals surface area (Å²) in [5, 5.41) is 4.41. The van der Waals surface area contributed by atoms with Crippen LogP contribution in [-0.4, -0.2) is 49.0 Å². The molecule has 0 radical (unpaired) electrons. The highest BCUT2D eigenvalue weighted by atomic mass is 32.1. The van der Waals surface area contributed by atoms with Crippen molar-refractivity contribution in [1.29, 1.82) is 0 Å². The Morgan fingerprint density at radius 1 is 1.42 bits per heavy atom. The molecule has 134 valence electrons. The van der Waals surface area contributed by atoms with Crippen LogP contribution in [0, 0.1) is 17.8 Å². The van der Waals surface area contributed by atoms with E-state index in [1.165, 1.54) is 11.3 Å². The van der Waals surface area contributed by atoms with Gasteiger partial charge in [-0.15, -0.1) is 11.3 Å². The lowest BCUT2D eigenvalue weighted by atomic mass is 9.84. The Kier molecular flexibility index (Phi) is 5.45. The minimum Gasteiger partial charge on any atom is -0.354 e. The number of hydrogen-bond donors (Lipinski definition) is 1. The summed E-state index contributed by atoms with van der Waals surface area (Å²) in [5.74, 6) is 1.68. The van der Waals surface area contributed by atoms with Gasteiger partial charge in [-0.2, -0.15) is 0 Å². The largest absolute Gasteiger partial charge is 0.354 e. The third-order valence-corrected chi connectivity index (χ3v) is 6.55. The topological polar surface area (TPSA) is 48.5 Å². The molecule has 3 rings (SSSR count). The minimum atomic E-state index is 0.274. The van der Waals surface area contributed by atoms with E-state index in [9.17, 15) is 4.79 Å². The third kappa shape index (κ3) is 3.91. The van der Waals surface area contributed by atoms with Crippen molar-refractivity contribution in [2.24, 2.45) is 17.8 Å². The number of likely N-dealkylation sites (tertiary alicyclic amines) is 1. The fourth-order valence-electron chi connectivity index (χ4n) is 3.64. The molecule has 2 aliphatic rings. The lowest BCUT2D eigenvalue weighted by Gasteiger charge is -2.29. The predicted molar refractivity (Wildman–Crippen MR) is 99.3 cm³/mol. The van der Waals surface area contributed by atoms with E-state index in [0.717, 1.165) is 37.6 Å². The van der Waals surface area contributed by atoms with E-state index in [1.54, 1.807) is 11.3 Å². The van der Waals surface area contributed by atoms with Crippen LogP contribution in [0.5, 0.6) is 0 Å². The van der Waals surface area contributed by atoms with Crippen molar-refractivity contribution in [2.75, 3.05) is 32.1 Å². The fourth-order valence-corrected chi connectivity index (χ4v) is 4.51. The molecule has 1 amide bonds. The van der Waals surface area contributed by atoms with Gasteiger partial charge in [0.25, 0.3) is 0 Å². The molecule has 24 heavy (non-hydrogen) atoms. The Morgan fingerprint density at radius 2 is 2.17 bits per heavy atom. The van der Waals surface area contributed by atoms with Crippen molar-refractivity contribution < 1.29 is 4.79 Å². The molecular weight excluding hydrogens is 320 g/mol. The smallest absolute Gasteiger partial charge is 0.223 e. The summed E-state index contributed by atoms with van der Waals surface area (Å²) in [5.41, 5.74) is 0. The SMILES string of the molecule is CC(C)C1CN(Cc2cnc(N(C)C)s2)CC1NC(=O)C1CCC1. The van der Waals surface area contributed by atoms with Crippen molar-refractivity contribution in [2.45, 2.75) is 45.7 Å². The highest BCUT2D eigenvalue weighted by Crippen LogP contribution is 2.30. The molecule has 1 saturated carbocycles. The van der Waals surface area contributed by atoms with Gasteiger partial charge in [-0.3, -0.25) is 9.69 Å². The number of thiazole rings is 1. The van der Waals surface area contributed by atoms with Gasteiger partial charge in [0, 0.05) is 56.8 Å². The summed E-state index contributed by atoms with van der Waals surface area (Å²) in [4.78, 5) is 22.6. The highest BCUT2D eigenvalue weighted by molar-refractivity contribution is 7.15. The van der Waals surface area contributed by atoms with Crippen LogP contribution >= 0.6 is 11.3 Å². The Morgan fingerprint density at radius 3 is 2.71 bits per heavy atom. The van der Waals surface area contributed by atoms with Crippen molar-refractivity contribution in [3.63, 3.8) is 0 Å². The van der Waals surface area contributed by atoms with Crippen molar-refractivity contribution >= 4 is 22.4 Å². The maximum atomic E-state index is 12.3. The molecule has 2 unspecified atom stereocenters. The average Bonchev–Trinajstić information content (AvgIpc) is 3.04. The Labute approximate surface area is 149 Å². The van der Waals surface area contributed by atoms with Crippen LogP contribution in [0.1, 0.15) is 38.0 Å². The zero-order chi connectivity index (χ0) is 17.3. The maximum absolute atomic E-state index is 12.3. The molecule has 6 heteroatoms. The predicted octanol–water partition coefficient (Wildman–Crippen LogP) is 2.58. The quantitative estimate of drug-likeness (QED) is 0.857. The van der Waals surface area contributed by atoms with Crippen LogP contribution in [0.3, 0.4) is 0 Å². The molecule has 1 saturated heterocycles. The first-order valence-corrected chi connectivity index (χ1v) is 9.90. The molecule has 0 spiro atoms. The summed E-state index contributed by atoms with van der Waals surface area (Å²) in [6.07, 6.45) is 5.35. The zero-order valence-electron chi connectivity index (χ0n) is 15.3. The highest BCUT2D eigenvalue weighted by Gasteiger charge is 2.37. The number of nitrogens with zero attached hydrogens (tertiary/aromatic N) is 3.